The lowest BCUT2D eigenvalue weighted by Crippen LogP contribution is -2.31. The third kappa shape index (κ3) is 4.44. The molecule has 6 heteroatoms. The number of methoxy groups -OCH3 is 1. The van der Waals surface area contributed by atoms with Gasteiger partial charge in [0.1, 0.15) is 5.75 Å². The van der Waals surface area contributed by atoms with Crippen molar-refractivity contribution in [2.75, 3.05) is 19.0 Å². The maximum Gasteiger partial charge on any atom is 0.243 e. The summed E-state index contributed by atoms with van der Waals surface area (Å²) in [4.78, 5) is 22.2. The molecule has 0 unspecified atom stereocenters. The van der Waals surface area contributed by atoms with E-state index in [0.717, 1.165) is 4.47 Å². The summed E-state index contributed by atoms with van der Waals surface area (Å²) in [6, 6.07) is 5.27. The van der Waals surface area contributed by atoms with Gasteiger partial charge in [0.2, 0.25) is 11.8 Å². The maximum atomic E-state index is 11.5. The maximum absolute atomic E-state index is 11.5. The molecular weight excluding hydrogens is 288 g/mol. The van der Waals surface area contributed by atoms with Crippen molar-refractivity contribution in [1.82, 2.24) is 5.32 Å². The number of nitrogens with one attached hydrogen (secondary N) is 2. The minimum atomic E-state index is -0.309. The number of halogens is 1. The number of rotatable bonds is 4. The van der Waals surface area contributed by atoms with Gasteiger partial charge in [-0.3, -0.25) is 9.59 Å². The van der Waals surface area contributed by atoms with E-state index in [-0.39, 0.29) is 18.4 Å². The highest BCUT2D eigenvalue weighted by Crippen LogP contribution is 2.27. The van der Waals surface area contributed by atoms with E-state index >= 15 is 0 Å². The third-order valence-electron chi connectivity index (χ3n) is 1.93. The number of amides is 2. The fourth-order valence-corrected chi connectivity index (χ4v) is 1.54. The average molecular weight is 301 g/mol. The Balaban J connectivity index is 2.69. The molecule has 1 aromatic carbocycles. The van der Waals surface area contributed by atoms with Gasteiger partial charge in [-0.05, 0) is 18.2 Å². The van der Waals surface area contributed by atoms with Gasteiger partial charge in [-0.15, -0.1) is 0 Å². The Labute approximate surface area is 108 Å². The molecule has 17 heavy (non-hydrogen) atoms. The molecule has 0 spiro atoms. The predicted molar refractivity (Wildman–Crippen MR) is 68.0 cm³/mol. The molecule has 0 bridgehead atoms. The number of hydrogen-bond donors (Lipinski definition) is 2. The van der Waals surface area contributed by atoms with Gasteiger partial charge in [0.25, 0.3) is 0 Å². The lowest BCUT2D eigenvalue weighted by Gasteiger charge is -2.10. The van der Waals surface area contributed by atoms with Crippen LogP contribution in [0.2, 0.25) is 0 Å². The monoisotopic (exact) mass is 300 g/mol. The fraction of sp³-hybridized carbons (Fsp3) is 0.273. The molecule has 0 aromatic heterocycles. The molecule has 0 aliphatic carbocycles. The lowest BCUT2D eigenvalue weighted by molar-refractivity contribution is -0.122. The van der Waals surface area contributed by atoms with Gasteiger partial charge in [-0.1, -0.05) is 15.9 Å². The highest BCUT2D eigenvalue weighted by Gasteiger charge is 2.08. The van der Waals surface area contributed by atoms with Crippen molar-refractivity contribution in [3.05, 3.63) is 22.7 Å². The minimum Gasteiger partial charge on any atom is -0.495 e. The zero-order chi connectivity index (χ0) is 12.8. The van der Waals surface area contributed by atoms with Crippen molar-refractivity contribution in [3.63, 3.8) is 0 Å². The molecule has 2 amide bonds. The van der Waals surface area contributed by atoms with Crippen LogP contribution in [0.25, 0.3) is 0 Å². The Hall–Kier alpha value is -1.56. The van der Waals surface area contributed by atoms with Gasteiger partial charge in [-0.25, -0.2) is 0 Å². The third-order valence-corrected chi connectivity index (χ3v) is 2.43. The molecule has 0 saturated carbocycles. The first-order valence-corrected chi connectivity index (χ1v) is 5.70. The summed E-state index contributed by atoms with van der Waals surface area (Å²) in [5.41, 5.74) is 0.553. The number of carbonyl (C=O) groups is 2. The van der Waals surface area contributed by atoms with E-state index < -0.39 is 0 Å². The molecule has 0 aliphatic rings. The molecule has 1 rings (SSSR count). The highest BCUT2D eigenvalue weighted by molar-refractivity contribution is 9.10. The van der Waals surface area contributed by atoms with Crippen molar-refractivity contribution in [1.29, 1.82) is 0 Å². The zero-order valence-corrected chi connectivity index (χ0v) is 11.1. The second-order valence-electron chi connectivity index (χ2n) is 3.30. The van der Waals surface area contributed by atoms with Crippen LogP contribution in [0.3, 0.4) is 0 Å². The topological polar surface area (TPSA) is 67.4 Å². The Morgan fingerprint density at radius 2 is 2.12 bits per heavy atom. The van der Waals surface area contributed by atoms with Gasteiger partial charge in [0, 0.05) is 11.4 Å². The van der Waals surface area contributed by atoms with E-state index in [9.17, 15) is 9.59 Å². The Kier molecular flexibility index (Phi) is 4.96. The molecule has 0 radical (unpaired) electrons. The first-order chi connectivity index (χ1) is 8.02. The van der Waals surface area contributed by atoms with E-state index in [0.29, 0.717) is 11.4 Å². The standard InChI is InChI=1S/C11H13BrN2O3/c1-7(15)13-6-11(16)14-9-5-8(12)3-4-10(9)17-2/h3-5H,6H2,1-2H3,(H,13,15)(H,14,16). The number of hydrogen-bond acceptors (Lipinski definition) is 3. The summed E-state index contributed by atoms with van der Waals surface area (Å²) in [5, 5.41) is 5.06. The summed E-state index contributed by atoms with van der Waals surface area (Å²) in [6.07, 6.45) is 0. The van der Waals surface area contributed by atoms with Gasteiger partial charge in [0.15, 0.2) is 0 Å². The van der Waals surface area contributed by atoms with E-state index in [1.54, 1.807) is 12.1 Å². The summed E-state index contributed by atoms with van der Waals surface area (Å²) < 4.78 is 5.93. The van der Waals surface area contributed by atoms with Gasteiger partial charge < -0.3 is 15.4 Å². The quantitative estimate of drug-likeness (QED) is 0.886. The largest absolute Gasteiger partial charge is 0.495 e. The molecule has 1 aromatic rings. The van der Waals surface area contributed by atoms with Crippen molar-refractivity contribution >= 4 is 33.4 Å². The van der Waals surface area contributed by atoms with Gasteiger partial charge in [0.05, 0.1) is 19.3 Å². The predicted octanol–water partition coefficient (Wildman–Crippen LogP) is 1.53. The van der Waals surface area contributed by atoms with E-state index in [1.807, 2.05) is 6.07 Å². The van der Waals surface area contributed by atoms with Crippen LogP contribution in [0.4, 0.5) is 5.69 Å². The zero-order valence-electron chi connectivity index (χ0n) is 9.54. The Morgan fingerprint density at radius 1 is 1.41 bits per heavy atom. The number of benzene rings is 1. The van der Waals surface area contributed by atoms with Gasteiger partial charge in [-0.2, -0.15) is 0 Å². The summed E-state index contributed by atoms with van der Waals surface area (Å²) in [5.74, 6) is 0.00216. The van der Waals surface area contributed by atoms with Gasteiger partial charge >= 0.3 is 0 Å². The van der Waals surface area contributed by atoms with Crippen LogP contribution in [0, 0.1) is 0 Å². The Morgan fingerprint density at radius 3 is 2.71 bits per heavy atom. The van der Waals surface area contributed by atoms with E-state index in [1.165, 1.54) is 14.0 Å². The number of carbonyl (C=O) groups excluding carboxylic acids is 2. The minimum absolute atomic E-state index is 0.0645. The van der Waals surface area contributed by atoms with Crippen LogP contribution in [0.15, 0.2) is 22.7 Å². The van der Waals surface area contributed by atoms with Crippen LogP contribution in [-0.2, 0) is 9.59 Å². The van der Waals surface area contributed by atoms with Crippen molar-refractivity contribution in [3.8, 4) is 5.75 Å². The first-order valence-electron chi connectivity index (χ1n) is 4.90. The molecule has 92 valence electrons. The van der Waals surface area contributed by atoms with Crippen LogP contribution in [-0.4, -0.2) is 25.5 Å². The molecular formula is C11H13BrN2O3. The highest BCUT2D eigenvalue weighted by atomic mass is 79.9. The number of ether oxygens (including phenoxy) is 1. The van der Waals surface area contributed by atoms with Crippen LogP contribution < -0.4 is 15.4 Å². The summed E-state index contributed by atoms with van der Waals surface area (Å²) in [6.45, 7) is 1.29. The smallest absolute Gasteiger partial charge is 0.243 e. The second kappa shape index (κ2) is 6.24. The van der Waals surface area contributed by atoms with Crippen LogP contribution in [0.1, 0.15) is 6.92 Å². The molecule has 0 atom stereocenters. The second-order valence-corrected chi connectivity index (χ2v) is 4.22. The summed E-state index contributed by atoms with van der Waals surface area (Å²) in [7, 11) is 1.52. The summed E-state index contributed by atoms with van der Waals surface area (Å²) >= 11 is 3.30. The molecule has 0 aliphatic heterocycles. The average Bonchev–Trinajstić information content (AvgIpc) is 2.27. The first kappa shape index (κ1) is 13.5. The molecule has 0 fully saturated rings. The number of anilines is 1. The molecule has 0 heterocycles. The van der Waals surface area contributed by atoms with Crippen LogP contribution in [0.5, 0.6) is 5.75 Å². The van der Waals surface area contributed by atoms with Crippen LogP contribution >= 0.6 is 15.9 Å². The Bertz CT molecular complexity index is 435. The fourth-order valence-electron chi connectivity index (χ4n) is 1.18. The van der Waals surface area contributed by atoms with E-state index in [4.69, 9.17) is 4.74 Å². The lowest BCUT2D eigenvalue weighted by atomic mass is 10.3. The SMILES string of the molecule is COc1ccc(Br)cc1NC(=O)CNC(C)=O. The normalized spacial score (nSPS) is 9.59. The molecule has 5 nitrogen and oxygen atoms in total. The van der Waals surface area contributed by atoms with Crippen molar-refractivity contribution < 1.29 is 14.3 Å². The van der Waals surface area contributed by atoms with Crippen molar-refractivity contribution in [2.24, 2.45) is 0 Å². The van der Waals surface area contributed by atoms with E-state index in [2.05, 4.69) is 26.6 Å². The van der Waals surface area contributed by atoms with Crippen molar-refractivity contribution in [2.45, 2.75) is 6.92 Å². The molecule has 0 saturated heterocycles. The molecule has 2 N–H and O–H groups in total.